The fourth-order valence-corrected chi connectivity index (χ4v) is 1.35. The van der Waals surface area contributed by atoms with Crippen LogP contribution in [-0.2, 0) is 4.79 Å². The third-order valence-electron chi connectivity index (χ3n) is 1.69. The van der Waals surface area contributed by atoms with E-state index in [1.807, 2.05) is 0 Å². The van der Waals surface area contributed by atoms with Gasteiger partial charge in [0.25, 0.3) is 0 Å². The van der Waals surface area contributed by atoms with E-state index in [1.54, 1.807) is 6.20 Å². The molecule has 6 nitrogen and oxygen atoms in total. The minimum absolute atomic E-state index is 0.0592. The summed E-state index contributed by atoms with van der Waals surface area (Å²) in [4.78, 5) is 18.7. The van der Waals surface area contributed by atoms with Gasteiger partial charge >= 0.3 is 0 Å². The standard InChI is InChI=1S/C9H13BrN4O2/c1-6(15)11-3-4-12-9-13-5-7(10)8(14-9)16-2/h5H,3-4H2,1-2H3,(H,11,15)(H,12,13,14). The van der Waals surface area contributed by atoms with Gasteiger partial charge in [0.1, 0.15) is 0 Å². The van der Waals surface area contributed by atoms with Crippen molar-refractivity contribution in [1.82, 2.24) is 15.3 Å². The summed E-state index contributed by atoms with van der Waals surface area (Å²) in [5.41, 5.74) is 0. The number of nitrogens with zero attached hydrogens (tertiary/aromatic N) is 2. The van der Waals surface area contributed by atoms with Gasteiger partial charge in [-0.3, -0.25) is 4.79 Å². The number of aromatic nitrogens is 2. The minimum atomic E-state index is -0.0592. The van der Waals surface area contributed by atoms with Crippen molar-refractivity contribution in [3.05, 3.63) is 10.7 Å². The summed E-state index contributed by atoms with van der Waals surface area (Å²) in [5, 5.41) is 5.62. The number of carbonyl (C=O) groups excluding carboxylic acids is 1. The summed E-state index contributed by atoms with van der Waals surface area (Å²) < 4.78 is 5.72. The first-order valence-corrected chi connectivity index (χ1v) is 5.47. The summed E-state index contributed by atoms with van der Waals surface area (Å²) in [6.07, 6.45) is 1.60. The van der Waals surface area contributed by atoms with E-state index in [-0.39, 0.29) is 5.91 Å². The SMILES string of the molecule is COc1nc(NCCNC(C)=O)ncc1Br. The molecule has 2 N–H and O–H groups in total. The highest BCUT2D eigenvalue weighted by Gasteiger charge is 2.03. The number of carbonyl (C=O) groups is 1. The van der Waals surface area contributed by atoms with Gasteiger partial charge in [0.15, 0.2) is 0 Å². The van der Waals surface area contributed by atoms with E-state index in [0.29, 0.717) is 29.4 Å². The molecule has 7 heteroatoms. The molecule has 0 spiro atoms. The molecule has 1 aromatic heterocycles. The first-order valence-electron chi connectivity index (χ1n) is 4.68. The van der Waals surface area contributed by atoms with E-state index in [9.17, 15) is 4.79 Å². The Bertz CT molecular complexity index is 373. The normalized spacial score (nSPS) is 9.69. The molecule has 0 aliphatic rings. The minimum Gasteiger partial charge on any atom is -0.480 e. The molecule has 1 aromatic rings. The van der Waals surface area contributed by atoms with Crippen LogP contribution in [0.2, 0.25) is 0 Å². The van der Waals surface area contributed by atoms with E-state index in [4.69, 9.17) is 4.74 Å². The molecule has 16 heavy (non-hydrogen) atoms. The van der Waals surface area contributed by atoms with E-state index in [0.717, 1.165) is 0 Å². The molecule has 0 saturated heterocycles. The molecule has 0 aliphatic heterocycles. The molecule has 0 aromatic carbocycles. The molecular weight excluding hydrogens is 276 g/mol. The Kier molecular flexibility index (Phi) is 4.97. The predicted molar refractivity (Wildman–Crippen MR) is 63.5 cm³/mol. The average Bonchev–Trinajstić information content (AvgIpc) is 2.26. The summed E-state index contributed by atoms with van der Waals surface area (Å²) in [6, 6.07) is 0. The van der Waals surface area contributed by atoms with Gasteiger partial charge in [-0.15, -0.1) is 0 Å². The third kappa shape index (κ3) is 4.01. The Hall–Kier alpha value is -1.37. The maximum atomic E-state index is 10.6. The average molecular weight is 289 g/mol. The lowest BCUT2D eigenvalue weighted by molar-refractivity contribution is -0.118. The number of halogens is 1. The van der Waals surface area contributed by atoms with Gasteiger partial charge < -0.3 is 15.4 Å². The maximum absolute atomic E-state index is 10.6. The van der Waals surface area contributed by atoms with Gasteiger partial charge in [-0.25, -0.2) is 4.98 Å². The molecular formula is C9H13BrN4O2. The van der Waals surface area contributed by atoms with Crippen LogP contribution in [0.25, 0.3) is 0 Å². The van der Waals surface area contributed by atoms with E-state index >= 15 is 0 Å². The molecule has 0 radical (unpaired) electrons. The van der Waals surface area contributed by atoms with Gasteiger partial charge in [-0.05, 0) is 15.9 Å². The second kappa shape index (κ2) is 6.26. The first kappa shape index (κ1) is 12.7. The first-order chi connectivity index (χ1) is 7.63. The third-order valence-corrected chi connectivity index (χ3v) is 2.23. The van der Waals surface area contributed by atoms with Crippen molar-refractivity contribution in [1.29, 1.82) is 0 Å². The lowest BCUT2D eigenvalue weighted by Gasteiger charge is -2.07. The molecule has 0 atom stereocenters. The lowest BCUT2D eigenvalue weighted by atomic mass is 10.5. The molecule has 1 rings (SSSR count). The van der Waals surface area contributed by atoms with Crippen LogP contribution in [0.15, 0.2) is 10.7 Å². The number of anilines is 1. The van der Waals surface area contributed by atoms with Gasteiger partial charge in [0.05, 0.1) is 17.8 Å². The van der Waals surface area contributed by atoms with Crippen molar-refractivity contribution in [3.63, 3.8) is 0 Å². The van der Waals surface area contributed by atoms with Crippen LogP contribution in [0.3, 0.4) is 0 Å². The van der Waals surface area contributed by atoms with Crippen molar-refractivity contribution < 1.29 is 9.53 Å². The van der Waals surface area contributed by atoms with Crippen molar-refractivity contribution in [2.24, 2.45) is 0 Å². The molecule has 0 unspecified atom stereocenters. The Morgan fingerprint density at radius 2 is 2.31 bits per heavy atom. The number of methoxy groups -OCH3 is 1. The number of amides is 1. The van der Waals surface area contributed by atoms with Gasteiger partial charge in [0.2, 0.25) is 17.7 Å². The van der Waals surface area contributed by atoms with Crippen LogP contribution in [0, 0.1) is 0 Å². The van der Waals surface area contributed by atoms with Crippen LogP contribution in [0.4, 0.5) is 5.95 Å². The fraction of sp³-hybridized carbons (Fsp3) is 0.444. The largest absolute Gasteiger partial charge is 0.480 e. The topological polar surface area (TPSA) is 76.1 Å². The quantitative estimate of drug-likeness (QED) is 0.784. The summed E-state index contributed by atoms with van der Waals surface area (Å²) in [5.74, 6) is 0.874. The second-order valence-electron chi connectivity index (χ2n) is 2.96. The van der Waals surface area contributed by atoms with E-state index < -0.39 is 0 Å². The van der Waals surface area contributed by atoms with Crippen LogP contribution >= 0.6 is 15.9 Å². The molecule has 0 fully saturated rings. The smallest absolute Gasteiger partial charge is 0.232 e. The van der Waals surface area contributed by atoms with Crippen molar-refractivity contribution >= 4 is 27.8 Å². The monoisotopic (exact) mass is 288 g/mol. The van der Waals surface area contributed by atoms with Crippen LogP contribution < -0.4 is 15.4 Å². The Morgan fingerprint density at radius 3 is 2.94 bits per heavy atom. The van der Waals surface area contributed by atoms with Gasteiger partial charge in [-0.2, -0.15) is 4.98 Å². The fourth-order valence-electron chi connectivity index (χ4n) is 0.993. The Morgan fingerprint density at radius 1 is 1.56 bits per heavy atom. The van der Waals surface area contributed by atoms with Crippen LogP contribution in [0.5, 0.6) is 5.88 Å². The highest BCUT2D eigenvalue weighted by atomic mass is 79.9. The van der Waals surface area contributed by atoms with Crippen LogP contribution in [-0.4, -0.2) is 36.1 Å². The van der Waals surface area contributed by atoms with Crippen molar-refractivity contribution in [3.8, 4) is 5.88 Å². The zero-order valence-electron chi connectivity index (χ0n) is 9.08. The molecule has 1 heterocycles. The number of ether oxygens (including phenoxy) is 1. The second-order valence-corrected chi connectivity index (χ2v) is 3.81. The van der Waals surface area contributed by atoms with Crippen LogP contribution in [0.1, 0.15) is 6.92 Å². The molecule has 0 bridgehead atoms. The predicted octanol–water partition coefficient (Wildman–Crippen LogP) is 0.796. The van der Waals surface area contributed by atoms with Crippen molar-refractivity contribution in [2.75, 3.05) is 25.5 Å². The van der Waals surface area contributed by atoms with E-state index in [1.165, 1.54) is 14.0 Å². The Balaban J connectivity index is 2.45. The number of hydrogen-bond acceptors (Lipinski definition) is 5. The Labute approximate surface area is 102 Å². The highest BCUT2D eigenvalue weighted by Crippen LogP contribution is 2.21. The van der Waals surface area contributed by atoms with Gasteiger partial charge in [-0.1, -0.05) is 0 Å². The molecule has 0 saturated carbocycles. The number of hydrogen-bond donors (Lipinski definition) is 2. The molecule has 0 aliphatic carbocycles. The summed E-state index contributed by atoms with van der Waals surface area (Å²) in [6.45, 7) is 2.56. The van der Waals surface area contributed by atoms with Crippen molar-refractivity contribution in [2.45, 2.75) is 6.92 Å². The summed E-state index contributed by atoms with van der Waals surface area (Å²) in [7, 11) is 1.54. The number of nitrogens with one attached hydrogen (secondary N) is 2. The maximum Gasteiger partial charge on any atom is 0.232 e. The zero-order chi connectivity index (χ0) is 12.0. The van der Waals surface area contributed by atoms with Gasteiger partial charge in [0, 0.05) is 20.0 Å². The highest BCUT2D eigenvalue weighted by molar-refractivity contribution is 9.10. The van der Waals surface area contributed by atoms with E-state index in [2.05, 4.69) is 36.5 Å². The molecule has 88 valence electrons. The lowest BCUT2D eigenvalue weighted by Crippen LogP contribution is -2.26. The molecule has 1 amide bonds. The summed E-state index contributed by atoms with van der Waals surface area (Å²) >= 11 is 3.26. The zero-order valence-corrected chi connectivity index (χ0v) is 10.7. The number of rotatable bonds is 5.